The molecule has 0 aliphatic heterocycles. The summed E-state index contributed by atoms with van der Waals surface area (Å²) in [5.74, 6) is 0.0967. The Morgan fingerprint density at radius 3 is 1.74 bits per heavy atom. The van der Waals surface area contributed by atoms with Crippen LogP contribution in [0.2, 0.25) is 0 Å². The van der Waals surface area contributed by atoms with Gasteiger partial charge in [-0.2, -0.15) is 0 Å². The second-order valence-electron chi connectivity index (χ2n) is 8.38. The molecule has 2 unspecified atom stereocenters. The van der Waals surface area contributed by atoms with E-state index in [0.717, 1.165) is 19.3 Å². The predicted molar refractivity (Wildman–Crippen MR) is 126 cm³/mol. The SMILES string of the molecule is CCCCCCCCCCCC(=O)NC(CC)[N+](C)(C)CC(O)CO.Cl.O=P(O)(O)O. The highest BCUT2D eigenvalue weighted by Gasteiger charge is 2.30. The van der Waals surface area contributed by atoms with Crippen LogP contribution in [0.4, 0.5) is 0 Å². The Morgan fingerprint density at radius 2 is 1.35 bits per heavy atom. The van der Waals surface area contributed by atoms with Gasteiger partial charge in [0, 0.05) is 12.8 Å². The van der Waals surface area contributed by atoms with Crippen LogP contribution in [-0.4, -0.2) is 74.8 Å². The van der Waals surface area contributed by atoms with Gasteiger partial charge in [-0.05, 0) is 6.42 Å². The average molecular weight is 494 g/mol. The molecule has 190 valence electrons. The normalized spacial score (nSPS) is 13.5. The highest BCUT2D eigenvalue weighted by molar-refractivity contribution is 7.45. The molecule has 1 amide bonds. The molecule has 11 heteroatoms. The van der Waals surface area contributed by atoms with Crippen LogP contribution in [0.1, 0.15) is 84.5 Å². The number of aliphatic hydroxyl groups excluding tert-OH is 2. The van der Waals surface area contributed by atoms with E-state index in [1.807, 2.05) is 21.0 Å². The van der Waals surface area contributed by atoms with Gasteiger partial charge in [0.1, 0.15) is 12.6 Å². The van der Waals surface area contributed by atoms with Crippen molar-refractivity contribution in [3.63, 3.8) is 0 Å². The number of aliphatic hydroxyl groups is 2. The monoisotopic (exact) mass is 493 g/mol. The molecule has 0 aromatic carbocycles. The van der Waals surface area contributed by atoms with Crippen LogP contribution in [0.5, 0.6) is 0 Å². The molecular formula is C20H47ClN2O7P+. The minimum Gasteiger partial charge on any atom is -0.393 e. The topological polar surface area (TPSA) is 147 Å². The Bertz CT molecular complexity index is 470. The fourth-order valence-corrected chi connectivity index (χ4v) is 3.35. The molecule has 0 radical (unpaired) electrons. The van der Waals surface area contributed by atoms with Gasteiger partial charge in [-0.3, -0.25) is 4.79 Å². The van der Waals surface area contributed by atoms with E-state index in [4.69, 9.17) is 24.4 Å². The number of likely N-dealkylation sites (N-methyl/N-ethyl adjacent to an activating group) is 1. The summed E-state index contributed by atoms with van der Waals surface area (Å²) in [5, 5.41) is 21.8. The Balaban J connectivity index is -0.00000116. The second kappa shape index (κ2) is 20.4. The molecule has 0 bridgehead atoms. The van der Waals surface area contributed by atoms with Crippen LogP contribution in [-0.2, 0) is 9.36 Å². The average Bonchev–Trinajstić information content (AvgIpc) is 2.62. The van der Waals surface area contributed by atoms with Gasteiger partial charge in [-0.25, -0.2) is 4.57 Å². The minimum atomic E-state index is -4.64. The van der Waals surface area contributed by atoms with Crippen molar-refractivity contribution in [1.29, 1.82) is 0 Å². The van der Waals surface area contributed by atoms with Gasteiger partial charge in [0.25, 0.3) is 0 Å². The molecule has 0 heterocycles. The Labute approximate surface area is 194 Å². The van der Waals surface area contributed by atoms with Crippen LogP contribution in [0.3, 0.4) is 0 Å². The summed E-state index contributed by atoms with van der Waals surface area (Å²) >= 11 is 0. The number of carbonyl (C=O) groups is 1. The molecule has 0 aliphatic carbocycles. The van der Waals surface area contributed by atoms with Gasteiger partial charge in [0.15, 0.2) is 6.17 Å². The zero-order chi connectivity index (χ0) is 23.6. The number of nitrogens with one attached hydrogen (secondary N) is 1. The van der Waals surface area contributed by atoms with Crippen molar-refractivity contribution >= 4 is 26.1 Å². The van der Waals surface area contributed by atoms with Gasteiger partial charge in [0.05, 0.1) is 20.7 Å². The molecule has 2 atom stereocenters. The van der Waals surface area contributed by atoms with E-state index in [2.05, 4.69) is 12.2 Å². The summed E-state index contributed by atoms with van der Waals surface area (Å²) in [7, 11) is -0.683. The number of halogens is 1. The fraction of sp³-hybridized carbons (Fsp3) is 0.950. The number of rotatable bonds is 16. The molecule has 31 heavy (non-hydrogen) atoms. The summed E-state index contributed by atoms with van der Waals surface area (Å²) in [6, 6.07) is 0. The number of quaternary nitrogens is 1. The molecule has 9 nitrogen and oxygen atoms in total. The number of hydrogen-bond acceptors (Lipinski definition) is 4. The number of nitrogens with zero attached hydrogens (tertiary/aromatic N) is 1. The Morgan fingerprint density at radius 1 is 0.935 bits per heavy atom. The second-order valence-corrected chi connectivity index (χ2v) is 9.41. The van der Waals surface area contributed by atoms with Crippen molar-refractivity contribution in [2.45, 2.75) is 96.7 Å². The highest BCUT2D eigenvalue weighted by atomic mass is 35.5. The van der Waals surface area contributed by atoms with Crippen molar-refractivity contribution < 1.29 is 38.7 Å². The highest BCUT2D eigenvalue weighted by Crippen LogP contribution is 2.25. The van der Waals surface area contributed by atoms with Crippen molar-refractivity contribution in [3.8, 4) is 0 Å². The molecule has 6 N–H and O–H groups in total. The molecule has 0 aliphatic rings. The third-order valence-electron chi connectivity index (χ3n) is 4.96. The third-order valence-corrected chi connectivity index (χ3v) is 4.96. The van der Waals surface area contributed by atoms with Crippen molar-refractivity contribution in [2.75, 3.05) is 27.2 Å². The molecule has 0 aromatic heterocycles. The maximum atomic E-state index is 12.2. The first-order chi connectivity index (χ1) is 13.9. The summed E-state index contributed by atoms with van der Waals surface area (Å²) < 4.78 is 9.36. The van der Waals surface area contributed by atoms with Gasteiger partial charge < -0.3 is 34.7 Å². The number of carbonyl (C=O) groups excluding carboxylic acids is 1. The molecule has 0 spiro atoms. The van der Waals surface area contributed by atoms with E-state index >= 15 is 0 Å². The molecule has 0 fully saturated rings. The number of amides is 1. The van der Waals surface area contributed by atoms with Gasteiger partial charge >= 0.3 is 7.82 Å². The van der Waals surface area contributed by atoms with Crippen LogP contribution < -0.4 is 5.32 Å². The number of phosphoric acid groups is 1. The van der Waals surface area contributed by atoms with E-state index in [1.54, 1.807) is 0 Å². The first-order valence-electron chi connectivity index (χ1n) is 11.1. The van der Waals surface area contributed by atoms with Crippen LogP contribution in [0.15, 0.2) is 0 Å². The molecule has 0 rings (SSSR count). The third kappa shape index (κ3) is 25.9. The van der Waals surface area contributed by atoms with Crippen molar-refractivity contribution in [2.24, 2.45) is 0 Å². The van der Waals surface area contributed by atoms with E-state index in [9.17, 15) is 9.90 Å². The fourth-order valence-electron chi connectivity index (χ4n) is 3.35. The molecule has 0 aromatic rings. The van der Waals surface area contributed by atoms with Gasteiger partial charge in [-0.1, -0.05) is 65.2 Å². The first kappa shape index (κ1) is 35.3. The van der Waals surface area contributed by atoms with Gasteiger partial charge in [0.2, 0.25) is 5.91 Å². The molecular weight excluding hydrogens is 447 g/mol. The largest absolute Gasteiger partial charge is 0.466 e. The lowest BCUT2D eigenvalue weighted by Gasteiger charge is -2.39. The van der Waals surface area contributed by atoms with Crippen LogP contribution in [0, 0.1) is 0 Å². The zero-order valence-electron chi connectivity index (χ0n) is 19.7. The first-order valence-corrected chi connectivity index (χ1v) is 12.6. The lowest BCUT2D eigenvalue weighted by molar-refractivity contribution is -0.920. The standard InChI is InChI=1S/C20H42N2O3.ClH.H3O4P/c1-5-7-8-9-10-11-12-13-14-15-20(25)21-19(6-2)22(3,4)16-18(24)17-23;;1-5(2,3)4/h18-19,23-24H,5-17H2,1-4H3;1H;(H3,1,2,3,4)/p+1. The Kier molecular flexibility index (Phi) is 23.2. The minimum absolute atomic E-state index is 0. The number of unbranched alkanes of at least 4 members (excludes halogenated alkanes) is 8. The zero-order valence-corrected chi connectivity index (χ0v) is 21.4. The quantitative estimate of drug-likeness (QED) is 0.0838. The van der Waals surface area contributed by atoms with Crippen LogP contribution in [0.25, 0.3) is 0 Å². The summed E-state index contributed by atoms with van der Waals surface area (Å²) in [5.41, 5.74) is 0. The number of hydrogen-bond donors (Lipinski definition) is 6. The Hall–Kier alpha value is -0.250. The van der Waals surface area contributed by atoms with E-state index in [-0.39, 0.29) is 31.1 Å². The van der Waals surface area contributed by atoms with E-state index < -0.39 is 13.9 Å². The maximum Gasteiger partial charge on any atom is 0.466 e. The molecule has 0 saturated heterocycles. The lowest BCUT2D eigenvalue weighted by Crippen LogP contribution is -2.60. The lowest BCUT2D eigenvalue weighted by atomic mass is 10.1. The van der Waals surface area contributed by atoms with E-state index in [0.29, 0.717) is 17.4 Å². The smallest absolute Gasteiger partial charge is 0.393 e. The van der Waals surface area contributed by atoms with Crippen LogP contribution >= 0.6 is 20.2 Å². The predicted octanol–water partition coefficient (Wildman–Crippen LogP) is 2.68. The summed E-state index contributed by atoms with van der Waals surface area (Å²) in [6.07, 6.45) is 11.8. The van der Waals surface area contributed by atoms with Crippen molar-refractivity contribution in [1.82, 2.24) is 5.32 Å². The van der Waals surface area contributed by atoms with Crippen molar-refractivity contribution in [3.05, 3.63) is 0 Å². The van der Waals surface area contributed by atoms with Gasteiger partial charge in [-0.15, -0.1) is 12.4 Å². The molecule has 0 saturated carbocycles. The van der Waals surface area contributed by atoms with E-state index in [1.165, 1.54) is 44.9 Å². The summed E-state index contributed by atoms with van der Waals surface area (Å²) in [6.45, 7) is 4.45. The maximum absolute atomic E-state index is 12.2. The summed E-state index contributed by atoms with van der Waals surface area (Å²) in [4.78, 5) is 33.8.